The van der Waals surface area contributed by atoms with E-state index >= 15 is 0 Å². The zero-order valence-corrected chi connectivity index (χ0v) is 12.1. The highest BCUT2D eigenvalue weighted by molar-refractivity contribution is 5.78. The molecule has 0 saturated carbocycles. The maximum atomic E-state index is 13.7. The first-order valence-corrected chi connectivity index (χ1v) is 7.32. The maximum absolute atomic E-state index is 13.7. The van der Waals surface area contributed by atoms with Gasteiger partial charge in [0, 0.05) is 49.6 Å². The zero-order chi connectivity index (χ0) is 14.3. The number of likely N-dealkylation sites (tertiary alicyclic amines) is 2. The Morgan fingerprint density at radius 2 is 2.05 bits per heavy atom. The second-order valence-electron chi connectivity index (χ2n) is 6.25. The van der Waals surface area contributed by atoms with Gasteiger partial charge in [0.2, 0.25) is 5.91 Å². The molecule has 2 saturated heterocycles. The van der Waals surface area contributed by atoms with Crippen molar-refractivity contribution >= 4 is 5.91 Å². The summed E-state index contributed by atoms with van der Waals surface area (Å²) in [7, 11) is 0. The molecule has 2 atom stereocenters. The highest BCUT2D eigenvalue weighted by atomic mass is 19.1. The van der Waals surface area contributed by atoms with Gasteiger partial charge in [-0.3, -0.25) is 9.69 Å². The largest absolute Gasteiger partial charge is 0.341 e. The molecular formula is C16H21FN2O. The lowest BCUT2D eigenvalue weighted by Crippen LogP contribution is -2.54. The number of amides is 1. The van der Waals surface area contributed by atoms with Crippen LogP contribution >= 0.6 is 0 Å². The fraction of sp³-hybridized carbons (Fsp3) is 0.562. The Morgan fingerprint density at radius 1 is 1.30 bits per heavy atom. The maximum Gasteiger partial charge on any atom is 0.225 e. The lowest BCUT2D eigenvalue weighted by Gasteiger charge is -2.43. The second kappa shape index (κ2) is 5.17. The molecule has 0 bridgehead atoms. The van der Waals surface area contributed by atoms with E-state index in [0.717, 1.165) is 25.2 Å². The zero-order valence-electron chi connectivity index (χ0n) is 12.1. The molecule has 3 rings (SSSR count). The van der Waals surface area contributed by atoms with Crippen LogP contribution in [-0.4, -0.2) is 41.4 Å². The molecule has 0 radical (unpaired) electrons. The van der Waals surface area contributed by atoms with Crippen LogP contribution in [0.1, 0.15) is 19.4 Å². The smallest absolute Gasteiger partial charge is 0.225 e. The fourth-order valence-electron chi connectivity index (χ4n) is 3.32. The lowest BCUT2D eigenvalue weighted by atomic mass is 9.91. The van der Waals surface area contributed by atoms with Crippen molar-refractivity contribution in [3.05, 3.63) is 35.6 Å². The molecule has 4 heteroatoms. The SMILES string of the molecule is CC(C)C(=O)N1CC2CN(Cc3ccccc3F)C2C1. The van der Waals surface area contributed by atoms with Gasteiger partial charge in [-0.25, -0.2) is 4.39 Å². The molecular weight excluding hydrogens is 255 g/mol. The number of halogens is 1. The molecule has 108 valence electrons. The summed E-state index contributed by atoms with van der Waals surface area (Å²) < 4.78 is 13.7. The first-order valence-electron chi connectivity index (χ1n) is 7.32. The number of rotatable bonds is 3. The molecule has 1 amide bonds. The average Bonchev–Trinajstić information content (AvgIpc) is 2.74. The molecule has 0 aliphatic carbocycles. The Morgan fingerprint density at radius 3 is 2.75 bits per heavy atom. The van der Waals surface area contributed by atoms with Gasteiger partial charge in [0.25, 0.3) is 0 Å². The summed E-state index contributed by atoms with van der Waals surface area (Å²) in [6, 6.07) is 7.36. The molecule has 1 aromatic carbocycles. The molecule has 2 heterocycles. The van der Waals surface area contributed by atoms with E-state index in [1.165, 1.54) is 6.07 Å². The predicted octanol–water partition coefficient (Wildman–Crippen LogP) is 2.12. The number of carbonyl (C=O) groups is 1. The normalized spacial score (nSPS) is 25.7. The summed E-state index contributed by atoms with van der Waals surface area (Å²) in [4.78, 5) is 16.3. The standard InChI is InChI=1S/C16H21FN2O/c1-11(2)16(20)19-9-13-8-18(15(13)10-19)7-12-5-3-4-6-14(12)17/h3-6,11,13,15H,7-10H2,1-2H3. The number of hydrogen-bond donors (Lipinski definition) is 0. The molecule has 3 nitrogen and oxygen atoms in total. The van der Waals surface area contributed by atoms with Crippen molar-refractivity contribution in [1.82, 2.24) is 9.80 Å². The van der Waals surface area contributed by atoms with Gasteiger partial charge in [0.1, 0.15) is 5.82 Å². The van der Waals surface area contributed by atoms with Crippen LogP contribution in [0.4, 0.5) is 4.39 Å². The Balaban J connectivity index is 1.61. The summed E-state index contributed by atoms with van der Waals surface area (Å²) in [6.45, 7) is 7.18. The third kappa shape index (κ3) is 2.33. The van der Waals surface area contributed by atoms with E-state index in [4.69, 9.17) is 0 Å². The summed E-state index contributed by atoms with van der Waals surface area (Å²) in [5, 5.41) is 0. The minimum atomic E-state index is -0.135. The number of carbonyl (C=O) groups excluding carboxylic acids is 1. The van der Waals surface area contributed by atoms with E-state index in [2.05, 4.69) is 4.90 Å². The minimum Gasteiger partial charge on any atom is -0.341 e. The quantitative estimate of drug-likeness (QED) is 0.844. The predicted molar refractivity (Wildman–Crippen MR) is 75.5 cm³/mol. The van der Waals surface area contributed by atoms with Crippen LogP contribution in [0.25, 0.3) is 0 Å². The monoisotopic (exact) mass is 276 g/mol. The number of fused-ring (bicyclic) bond motifs is 1. The topological polar surface area (TPSA) is 23.6 Å². The van der Waals surface area contributed by atoms with E-state index < -0.39 is 0 Å². The second-order valence-corrected chi connectivity index (χ2v) is 6.25. The van der Waals surface area contributed by atoms with Crippen LogP contribution in [0.3, 0.4) is 0 Å². The fourth-order valence-corrected chi connectivity index (χ4v) is 3.32. The molecule has 0 spiro atoms. The van der Waals surface area contributed by atoms with Gasteiger partial charge in [0.15, 0.2) is 0 Å². The van der Waals surface area contributed by atoms with Crippen molar-refractivity contribution in [2.24, 2.45) is 11.8 Å². The van der Waals surface area contributed by atoms with Crippen molar-refractivity contribution in [2.75, 3.05) is 19.6 Å². The van der Waals surface area contributed by atoms with Gasteiger partial charge in [-0.2, -0.15) is 0 Å². The van der Waals surface area contributed by atoms with Gasteiger partial charge in [-0.15, -0.1) is 0 Å². The number of nitrogens with zero attached hydrogens (tertiary/aromatic N) is 2. The van der Waals surface area contributed by atoms with Crippen LogP contribution < -0.4 is 0 Å². The third-order valence-electron chi connectivity index (χ3n) is 4.48. The van der Waals surface area contributed by atoms with Gasteiger partial charge in [-0.1, -0.05) is 32.0 Å². The molecule has 0 aromatic heterocycles. The summed E-state index contributed by atoms with van der Waals surface area (Å²) in [5.41, 5.74) is 0.750. The highest BCUT2D eigenvalue weighted by Crippen LogP contribution is 2.34. The van der Waals surface area contributed by atoms with Crippen LogP contribution in [0.15, 0.2) is 24.3 Å². The average molecular weight is 276 g/mol. The van der Waals surface area contributed by atoms with Crippen molar-refractivity contribution < 1.29 is 9.18 Å². The Bertz CT molecular complexity index is 517. The van der Waals surface area contributed by atoms with Crippen LogP contribution in [0.5, 0.6) is 0 Å². The third-order valence-corrected chi connectivity index (χ3v) is 4.48. The summed E-state index contributed by atoms with van der Waals surface area (Å²) >= 11 is 0. The van der Waals surface area contributed by atoms with E-state index in [1.807, 2.05) is 30.9 Å². The van der Waals surface area contributed by atoms with Gasteiger partial charge in [0.05, 0.1) is 0 Å². The molecule has 2 aliphatic rings. The van der Waals surface area contributed by atoms with E-state index in [9.17, 15) is 9.18 Å². The van der Waals surface area contributed by atoms with Crippen molar-refractivity contribution in [3.63, 3.8) is 0 Å². The van der Waals surface area contributed by atoms with Gasteiger partial charge >= 0.3 is 0 Å². The van der Waals surface area contributed by atoms with Crippen LogP contribution in [0.2, 0.25) is 0 Å². The van der Waals surface area contributed by atoms with Crippen molar-refractivity contribution in [2.45, 2.75) is 26.4 Å². The van der Waals surface area contributed by atoms with Crippen LogP contribution in [0, 0.1) is 17.7 Å². The molecule has 2 aliphatic heterocycles. The first kappa shape index (κ1) is 13.6. The number of benzene rings is 1. The number of hydrogen-bond acceptors (Lipinski definition) is 2. The summed E-state index contributed by atoms with van der Waals surface area (Å²) in [6.07, 6.45) is 0. The highest BCUT2D eigenvalue weighted by Gasteiger charge is 2.46. The summed E-state index contributed by atoms with van der Waals surface area (Å²) in [5.74, 6) is 0.742. The lowest BCUT2D eigenvalue weighted by molar-refractivity contribution is -0.133. The van der Waals surface area contributed by atoms with E-state index in [0.29, 0.717) is 18.5 Å². The molecule has 1 aromatic rings. The molecule has 2 fully saturated rings. The van der Waals surface area contributed by atoms with Crippen molar-refractivity contribution in [3.8, 4) is 0 Å². The molecule has 0 N–H and O–H groups in total. The minimum absolute atomic E-state index is 0.0625. The Hall–Kier alpha value is -1.42. The Labute approximate surface area is 119 Å². The first-order chi connectivity index (χ1) is 9.56. The van der Waals surface area contributed by atoms with E-state index in [-0.39, 0.29) is 17.6 Å². The Kier molecular flexibility index (Phi) is 3.50. The van der Waals surface area contributed by atoms with Crippen molar-refractivity contribution in [1.29, 1.82) is 0 Å². The molecule has 2 unspecified atom stereocenters. The van der Waals surface area contributed by atoms with Gasteiger partial charge < -0.3 is 4.90 Å². The molecule has 20 heavy (non-hydrogen) atoms. The van der Waals surface area contributed by atoms with E-state index in [1.54, 1.807) is 6.07 Å². The van der Waals surface area contributed by atoms with Crippen LogP contribution in [-0.2, 0) is 11.3 Å². The van der Waals surface area contributed by atoms with Gasteiger partial charge in [-0.05, 0) is 6.07 Å².